The topological polar surface area (TPSA) is 104 Å². The van der Waals surface area contributed by atoms with Crippen molar-refractivity contribution < 1.29 is 24.6 Å². The molecule has 3 rings (SSSR count). The van der Waals surface area contributed by atoms with Gasteiger partial charge in [-0.1, -0.05) is 43.2 Å². The van der Waals surface area contributed by atoms with Gasteiger partial charge in [0.1, 0.15) is 0 Å². The molecule has 1 aliphatic rings. The summed E-state index contributed by atoms with van der Waals surface area (Å²) in [4.78, 5) is 35.4. The largest absolute Gasteiger partial charge is 0.478 e. The van der Waals surface area contributed by atoms with E-state index in [0.29, 0.717) is 5.92 Å². The molecule has 1 atom stereocenters. The Hall–Kier alpha value is -3.15. The van der Waals surface area contributed by atoms with Crippen LogP contribution in [0.3, 0.4) is 0 Å². The van der Waals surface area contributed by atoms with Crippen molar-refractivity contribution in [3.63, 3.8) is 0 Å². The maximum absolute atomic E-state index is 12.8. The van der Waals surface area contributed by atoms with E-state index < -0.39 is 17.8 Å². The van der Waals surface area contributed by atoms with Crippen LogP contribution in [0.25, 0.3) is 0 Å². The van der Waals surface area contributed by atoms with Crippen LogP contribution in [-0.2, 0) is 0 Å². The van der Waals surface area contributed by atoms with Crippen molar-refractivity contribution >= 4 is 17.8 Å². The second kappa shape index (κ2) is 8.03. The van der Waals surface area contributed by atoms with E-state index in [4.69, 9.17) is 0 Å². The van der Waals surface area contributed by atoms with Crippen molar-refractivity contribution in [3.05, 3.63) is 70.8 Å². The Bertz CT molecular complexity index is 824. The van der Waals surface area contributed by atoms with Gasteiger partial charge in [0.2, 0.25) is 0 Å². The molecule has 6 heteroatoms. The molecule has 0 heterocycles. The fourth-order valence-electron chi connectivity index (χ4n) is 3.65. The smallest absolute Gasteiger partial charge is 0.335 e. The Balaban J connectivity index is 1.91. The van der Waals surface area contributed by atoms with Crippen molar-refractivity contribution in [2.45, 2.75) is 31.7 Å². The minimum atomic E-state index is -1.28. The van der Waals surface area contributed by atoms with E-state index in [1.165, 1.54) is 12.1 Å². The number of benzene rings is 2. The highest BCUT2D eigenvalue weighted by Crippen LogP contribution is 2.35. The van der Waals surface area contributed by atoms with Crippen LogP contribution >= 0.6 is 0 Å². The third-order valence-electron chi connectivity index (χ3n) is 5.01. The van der Waals surface area contributed by atoms with Crippen LogP contribution in [0.15, 0.2) is 48.5 Å². The van der Waals surface area contributed by atoms with Crippen molar-refractivity contribution in [1.82, 2.24) is 5.32 Å². The number of aromatic carboxylic acids is 2. The molecule has 0 radical (unpaired) electrons. The lowest BCUT2D eigenvalue weighted by atomic mass is 9.91. The summed E-state index contributed by atoms with van der Waals surface area (Å²) < 4.78 is 0. The molecule has 3 N–H and O–H groups in total. The summed E-state index contributed by atoms with van der Waals surface area (Å²) in [6, 6.07) is 12.9. The molecule has 0 saturated heterocycles. The van der Waals surface area contributed by atoms with Gasteiger partial charge in [0, 0.05) is 5.56 Å². The Morgan fingerprint density at radius 1 is 0.852 bits per heavy atom. The standard InChI is InChI=1S/C21H21NO5/c23-19(15-10-16(20(24)25)12-17(11-15)21(26)27)22-18(14-8-4-5-9-14)13-6-2-1-3-7-13/h1-3,6-7,10-12,14,18H,4-5,8-9H2,(H,22,23)(H,24,25)(H,26,27). The molecular formula is C21H21NO5. The number of nitrogens with one attached hydrogen (secondary N) is 1. The zero-order valence-electron chi connectivity index (χ0n) is 14.7. The van der Waals surface area contributed by atoms with Gasteiger partial charge in [-0.05, 0) is 42.5 Å². The number of carbonyl (C=O) groups is 3. The second-order valence-corrected chi connectivity index (χ2v) is 6.82. The molecule has 2 aromatic carbocycles. The molecule has 1 unspecified atom stereocenters. The summed E-state index contributed by atoms with van der Waals surface area (Å²) in [7, 11) is 0. The molecule has 2 aromatic rings. The van der Waals surface area contributed by atoms with Crippen molar-refractivity contribution in [1.29, 1.82) is 0 Å². The Morgan fingerprint density at radius 3 is 1.89 bits per heavy atom. The fourth-order valence-corrected chi connectivity index (χ4v) is 3.65. The second-order valence-electron chi connectivity index (χ2n) is 6.82. The van der Waals surface area contributed by atoms with Crippen LogP contribution in [0.5, 0.6) is 0 Å². The zero-order chi connectivity index (χ0) is 19.4. The van der Waals surface area contributed by atoms with E-state index in [1.807, 2.05) is 30.3 Å². The molecular weight excluding hydrogens is 346 g/mol. The molecule has 0 spiro atoms. The minimum absolute atomic E-state index is 0.0335. The zero-order valence-corrected chi connectivity index (χ0v) is 14.7. The predicted octanol–water partition coefficient (Wildman–Crippen LogP) is 3.74. The van der Waals surface area contributed by atoms with Gasteiger partial charge in [0.15, 0.2) is 0 Å². The molecule has 1 saturated carbocycles. The molecule has 27 heavy (non-hydrogen) atoms. The number of carbonyl (C=O) groups excluding carboxylic acids is 1. The highest BCUT2D eigenvalue weighted by Gasteiger charge is 2.28. The number of hydrogen-bond donors (Lipinski definition) is 3. The van der Waals surface area contributed by atoms with Crippen LogP contribution in [-0.4, -0.2) is 28.1 Å². The lowest BCUT2D eigenvalue weighted by Gasteiger charge is -2.25. The maximum atomic E-state index is 12.8. The third kappa shape index (κ3) is 4.34. The Morgan fingerprint density at radius 2 is 1.37 bits per heavy atom. The number of hydrogen-bond acceptors (Lipinski definition) is 3. The quantitative estimate of drug-likeness (QED) is 0.721. The van der Waals surface area contributed by atoms with Gasteiger partial charge in [-0.15, -0.1) is 0 Å². The van der Waals surface area contributed by atoms with E-state index in [2.05, 4.69) is 5.32 Å². The van der Waals surface area contributed by atoms with E-state index in [9.17, 15) is 24.6 Å². The average molecular weight is 367 g/mol. The lowest BCUT2D eigenvalue weighted by molar-refractivity contribution is 0.0696. The summed E-state index contributed by atoms with van der Waals surface area (Å²) in [6.07, 6.45) is 4.24. The number of carboxylic acid groups (broad SMARTS) is 2. The van der Waals surface area contributed by atoms with Gasteiger partial charge in [0.25, 0.3) is 5.91 Å². The van der Waals surface area contributed by atoms with Gasteiger partial charge >= 0.3 is 11.9 Å². The predicted molar refractivity (Wildman–Crippen MR) is 99.0 cm³/mol. The molecule has 6 nitrogen and oxygen atoms in total. The van der Waals surface area contributed by atoms with E-state index in [0.717, 1.165) is 37.3 Å². The van der Waals surface area contributed by atoms with Gasteiger partial charge < -0.3 is 15.5 Å². The van der Waals surface area contributed by atoms with Crippen LogP contribution < -0.4 is 5.32 Å². The summed E-state index contributed by atoms with van der Waals surface area (Å²) in [5, 5.41) is 21.4. The molecule has 1 fully saturated rings. The summed E-state index contributed by atoms with van der Waals surface area (Å²) >= 11 is 0. The summed E-state index contributed by atoms with van der Waals surface area (Å²) in [6.45, 7) is 0. The van der Waals surface area contributed by atoms with Gasteiger partial charge in [0.05, 0.1) is 17.2 Å². The number of carboxylic acids is 2. The first-order valence-corrected chi connectivity index (χ1v) is 8.93. The van der Waals surface area contributed by atoms with Crippen LogP contribution in [0, 0.1) is 5.92 Å². The molecule has 0 bridgehead atoms. The lowest BCUT2D eigenvalue weighted by Crippen LogP contribution is -2.33. The summed E-state index contributed by atoms with van der Waals surface area (Å²) in [5.41, 5.74) is 0.575. The Kier molecular flexibility index (Phi) is 5.54. The summed E-state index contributed by atoms with van der Waals surface area (Å²) in [5.74, 6) is -2.72. The maximum Gasteiger partial charge on any atom is 0.335 e. The first-order valence-electron chi connectivity index (χ1n) is 8.93. The van der Waals surface area contributed by atoms with Crippen molar-refractivity contribution in [3.8, 4) is 0 Å². The average Bonchev–Trinajstić information content (AvgIpc) is 3.20. The van der Waals surface area contributed by atoms with E-state index >= 15 is 0 Å². The monoisotopic (exact) mass is 367 g/mol. The van der Waals surface area contributed by atoms with Crippen molar-refractivity contribution in [2.75, 3.05) is 0 Å². The first kappa shape index (κ1) is 18.6. The molecule has 1 amide bonds. The van der Waals surface area contributed by atoms with Crippen LogP contribution in [0.1, 0.15) is 68.4 Å². The fraction of sp³-hybridized carbons (Fsp3) is 0.286. The highest BCUT2D eigenvalue weighted by atomic mass is 16.4. The first-order chi connectivity index (χ1) is 13.0. The van der Waals surface area contributed by atoms with Crippen LogP contribution in [0.2, 0.25) is 0 Å². The van der Waals surface area contributed by atoms with Gasteiger partial charge in [-0.25, -0.2) is 9.59 Å². The van der Waals surface area contributed by atoms with E-state index in [1.54, 1.807) is 0 Å². The molecule has 0 aromatic heterocycles. The minimum Gasteiger partial charge on any atom is -0.478 e. The molecule has 1 aliphatic carbocycles. The van der Waals surface area contributed by atoms with Crippen LogP contribution in [0.4, 0.5) is 0 Å². The molecule has 140 valence electrons. The van der Waals surface area contributed by atoms with Gasteiger partial charge in [-0.3, -0.25) is 4.79 Å². The van der Waals surface area contributed by atoms with Gasteiger partial charge in [-0.2, -0.15) is 0 Å². The van der Waals surface area contributed by atoms with Crippen molar-refractivity contribution in [2.24, 2.45) is 5.92 Å². The normalized spacial score (nSPS) is 15.3. The highest BCUT2D eigenvalue weighted by molar-refractivity contribution is 6.01. The molecule has 0 aliphatic heterocycles. The Labute approximate surface area is 156 Å². The number of rotatable bonds is 6. The number of amides is 1. The van der Waals surface area contributed by atoms with E-state index in [-0.39, 0.29) is 22.7 Å². The third-order valence-corrected chi connectivity index (χ3v) is 5.01. The SMILES string of the molecule is O=C(O)c1cc(C(=O)O)cc(C(=O)NC(c2ccccc2)C2CCCC2)c1.